The van der Waals surface area contributed by atoms with Crippen LogP contribution >= 0.6 is 0 Å². The van der Waals surface area contributed by atoms with Crippen molar-refractivity contribution < 1.29 is 23.1 Å². The van der Waals surface area contributed by atoms with E-state index in [1.165, 1.54) is 12.1 Å². The summed E-state index contributed by atoms with van der Waals surface area (Å²) in [6.07, 6.45) is 2.77. The number of ether oxygens (including phenoxy) is 1. The van der Waals surface area contributed by atoms with Crippen molar-refractivity contribution in [3.05, 3.63) is 81.9 Å². The number of hydrogen-bond donors (Lipinski definition) is 0. The van der Waals surface area contributed by atoms with E-state index in [1.54, 1.807) is 12.1 Å². The molecule has 0 amide bonds. The molecule has 0 aliphatic heterocycles. The normalized spacial score (nSPS) is 20.7. The van der Waals surface area contributed by atoms with Gasteiger partial charge in [0, 0.05) is 29.0 Å². The van der Waals surface area contributed by atoms with Crippen molar-refractivity contribution in [2.45, 2.75) is 38.2 Å². The standard InChI is InChI=1S/C24H18F2O3/c25-24(26)29-15-10-8-13(9-11-15)21-20-14(4-3-7-19(20)27)12-18-16-5-1-2-6-17(16)23(28)22(18)21/h1-2,5-6,8-11,21,24H,3-4,7,12H2. The van der Waals surface area contributed by atoms with Crippen LogP contribution in [0.5, 0.6) is 5.75 Å². The smallest absolute Gasteiger partial charge is 0.387 e. The number of benzene rings is 2. The van der Waals surface area contributed by atoms with Gasteiger partial charge in [0.1, 0.15) is 5.75 Å². The summed E-state index contributed by atoms with van der Waals surface area (Å²) in [6.45, 7) is -2.90. The first-order valence-electron chi connectivity index (χ1n) is 9.71. The maximum Gasteiger partial charge on any atom is 0.387 e. The molecule has 0 bridgehead atoms. The molecule has 0 saturated heterocycles. The van der Waals surface area contributed by atoms with E-state index in [2.05, 4.69) is 4.74 Å². The number of ketones is 2. The second kappa shape index (κ2) is 6.76. The Morgan fingerprint density at radius 2 is 1.62 bits per heavy atom. The van der Waals surface area contributed by atoms with Crippen molar-refractivity contribution in [1.29, 1.82) is 0 Å². The molecule has 29 heavy (non-hydrogen) atoms. The van der Waals surface area contributed by atoms with Crippen molar-refractivity contribution in [2.24, 2.45) is 0 Å². The van der Waals surface area contributed by atoms with Gasteiger partial charge in [0.05, 0.1) is 0 Å². The molecule has 2 aromatic rings. The fraction of sp³-hybridized carbons (Fsp3) is 0.250. The van der Waals surface area contributed by atoms with Crippen molar-refractivity contribution in [3.63, 3.8) is 0 Å². The zero-order valence-corrected chi connectivity index (χ0v) is 15.6. The van der Waals surface area contributed by atoms with Gasteiger partial charge in [-0.05, 0) is 48.1 Å². The van der Waals surface area contributed by atoms with Gasteiger partial charge in [-0.1, -0.05) is 42.0 Å². The molecule has 3 nitrogen and oxygen atoms in total. The van der Waals surface area contributed by atoms with Crippen molar-refractivity contribution in [3.8, 4) is 5.75 Å². The van der Waals surface area contributed by atoms with Crippen molar-refractivity contribution in [1.82, 2.24) is 0 Å². The number of halogens is 2. The number of rotatable bonds is 3. The lowest BCUT2D eigenvalue weighted by Crippen LogP contribution is -2.25. The number of fused-ring (bicyclic) bond motifs is 2. The Hall–Kier alpha value is -3.08. The SMILES string of the molecule is O=C1CCCC2=C1C(c1ccc(OC(F)F)cc1)C1=C(C2)c2ccccc2C1=O. The molecule has 0 saturated carbocycles. The van der Waals surface area contributed by atoms with Gasteiger partial charge in [0.25, 0.3) is 0 Å². The summed E-state index contributed by atoms with van der Waals surface area (Å²) >= 11 is 0. The molecule has 0 aromatic heterocycles. The first-order chi connectivity index (χ1) is 14.0. The minimum atomic E-state index is -2.90. The average molecular weight is 392 g/mol. The number of allylic oxidation sites excluding steroid dienone is 4. The van der Waals surface area contributed by atoms with Crippen LogP contribution in [-0.4, -0.2) is 18.2 Å². The molecular formula is C24H18F2O3. The largest absolute Gasteiger partial charge is 0.435 e. The predicted molar refractivity (Wildman–Crippen MR) is 104 cm³/mol. The minimum absolute atomic E-state index is 0.0431. The van der Waals surface area contributed by atoms with Gasteiger partial charge >= 0.3 is 6.61 Å². The molecule has 5 rings (SSSR count). The zero-order valence-electron chi connectivity index (χ0n) is 15.6. The lowest BCUT2D eigenvalue weighted by atomic mass is 9.69. The first-order valence-corrected chi connectivity index (χ1v) is 9.71. The van der Waals surface area contributed by atoms with Gasteiger partial charge < -0.3 is 4.74 Å². The Morgan fingerprint density at radius 3 is 2.34 bits per heavy atom. The highest BCUT2D eigenvalue weighted by molar-refractivity contribution is 6.23. The quantitative estimate of drug-likeness (QED) is 0.695. The molecule has 1 atom stereocenters. The number of carbonyl (C=O) groups excluding carboxylic acids is 2. The molecule has 0 radical (unpaired) electrons. The summed E-state index contributed by atoms with van der Waals surface area (Å²) in [5.41, 5.74) is 5.84. The molecular weight excluding hydrogens is 374 g/mol. The van der Waals surface area contributed by atoms with Crippen molar-refractivity contribution >= 4 is 17.1 Å². The molecule has 146 valence electrons. The Labute approximate surface area is 166 Å². The fourth-order valence-electron chi connectivity index (χ4n) is 4.88. The molecule has 0 N–H and O–H groups in total. The van der Waals surface area contributed by atoms with Gasteiger partial charge in [0.2, 0.25) is 0 Å². The lowest BCUT2D eigenvalue weighted by molar-refractivity contribution is -0.116. The fourth-order valence-corrected chi connectivity index (χ4v) is 4.88. The average Bonchev–Trinajstić information content (AvgIpc) is 2.99. The Balaban J connectivity index is 1.65. The second-order valence-corrected chi connectivity index (χ2v) is 7.62. The summed E-state index contributed by atoms with van der Waals surface area (Å²) < 4.78 is 29.5. The predicted octanol–water partition coefficient (Wildman–Crippen LogP) is 5.48. The molecule has 1 unspecified atom stereocenters. The van der Waals surface area contributed by atoms with Crippen LogP contribution in [0.2, 0.25) is 0 Å². The highest BCUT2D eigenvalue weighted by atomic mass is 19.3. The third kappa shape index (κ3) is 2.84. The summed E-state index contributed by atoms with van der Waals surface area (Å²) in [6, 6.07) is 13.9. The van der Waals surface area contributed by atoms with E-state index < -0.39 is 12.5 Å². The second-order valence-electron chi connectivity index (χ2n) is 7.62. The van der Waals surface area contributed by atoms with Crippen LogP contribution in [0.3, 0.4) is 0 Å². The van der Waals surface area contributed by atoms with Gasteiger partial charge in [-0.15, -0.1) is 0 Å². The number of Topliss-reactive ketones (excluding diaryl/α,β-unsaturated/α-hetero) is 2. The van der Waals surface area contributed by atoms with E-state index in [-0.39, 0.29) is 17.3 Å². The highest BCUT2D eigenvalue weighted by Gasteiger charge is 2.43. The monoisotopic (exact) mass is 392 g/mol. The number of alkyl halides is 2. The van der Waals surface area contributed by atoms with Crippen LogP contribution in [0.15, 0.2) is 65.3 Å². The van der Waals surface area contributed by atoms with Crippen molar-refractivity contribution in [2.75, 3.05) is 0 Å². The third-order valence-electron chi connectivity index (χ3n) is 6.04. The van der Waals surface area contributed by atoms with Crippen LogP contribution in [0.25, 0.3) is 5.57 Å². The Morgan fingerprint density at radius 1 is 0.897 bits per heavy atom. The van der Waals surface area contributed by atoms with E-state index >= 15 is 0 Å². The van der Waals surface area contributed by atoms with Crippen LogP contribution in [0.1, 0.15) is 53.1 Å². The Bertz CT molecular complexity index is 1090. The van der Waals surface area contributed by atoms with Crippen LogP contribution in [-0.2, 0) is 4.79 Å². The van der Waals surface area contributed by atoms with Gasteiger partial charge in [0.15, 0.2) is 11.6 Å². The van der Waals surface area contributed by atoms with E-state index in [4.69, 9.17) is 0 Å². The first kappa shape index (κ1) is 18.0. The van der Waals surface area contributed by atoms with E-state index in [1.807, 2.05) is 24.3 Å². The third-order valence-corrected chi connectivity index (χ3v) is 6.04. The molecule has 3 aliphatic rings. The molecule has 5 heteroatoms. The van der Waals surface area contributed by atoms with Gasteiger partial charge in [-0.25, -0.2) is 0 Å². The van der Waals surface area contributed by atoms with E-state index in [0.717, 1.165) is 40.7 Å². The highest BCUT2D eigenvalue weighted by Crippen LogP contribution is 2.52. The maximum absolute atomic E-state index is 13.3. The summed E-state index contributed by atoms with van der Waals surface area (Å²) in [5, 5.41) is 0. The molecule has 0 fully saturated rings. The lowest BCUT2D eigenvalue weighted by Gasteiger charge is -2.32. The topological polar surface area (TPSA) is 43.4 Å². The molecule has 0 spiro atoms. The van der Waals surface area contributed by atoms with Gasteiger partial charge in [-0.2, -0.15) is 8.78 Å². The van der Waals surface area contributed by atoms with E-state index in [0.29, 0.717) is 24.0 Å². The number of hydrogen-bond acceptors (Lipinski definition) is 3. The van der Waals surface area contributed by atoms with Crippen LogP contribution < -0.4 is 4.74 Å². The van der Waals surface area contributed by atoms with E-state index in [9.17, 15) is 18.4 Å². The molecule has 3 aliphatic carbocycles. The molecule has 0 heterocycles. The maximum atomic E-state index is 13.3. The van der Waals surface area contributed by atoms with Crippen LogP contribution in [0.4, 0.5) is 8.78 Å². The Kier molecular flexibility index (Phi) is 4.19. The minimum Gasteiger partial charge on any atom is -0.435 e. The summed E-state index contributed by atoms with van der Waals surface area (Å²) in [5.74, 6) is -0.362. The van der Waals surface area contributed by atoms with Gasteiger partial charge in [-0.3, -0.25) is 9.59 Å². The number of carbonyl (C=O) groups is 2. The van der Waals surface area contributed by atoms with Crippen LogP contribution in [0, 0.1) is 0 Å². The summed E-state index contributed by atoms with van der Waals surface area (Å²) in [4.78, 5) is 26.2. The zero-order chi connectivity index (χ0) is 20.1. The summed E-state index contributed by atoms with van der Waals surface area (Å²) in [7, 11) is 0. The molecule has 2 aromatic carbocycles.